The molecule has 1 aromatic rings. The van der Waals surface area contributed by atoms with Gasteiger partial charge in [0.25, 0.3) is 5.91 Å². The molecular weight excluding hydrogens is 238 g/mol. The molecular formula is C16H21NO2. The number of rotatable bonds is 4. The van der Waals surface area contributed by atoms with Gasteiger partial charge >= 0.3 is 0 Å². The third-order valence-electron chi connectivity index (χ3n) is 2.62. The fourth-order valence-electron chi connectivity index (χ4n) is 1.56. The third kappa shape index (κ3) is 5.15. The van der Waals surface area contributed by atoms with E-state index in [1.54, 1.807) is 6.07 Å². The van der Waals surface area contributed by atoms with Gasteiger partial charge in [0.2, 0.25) is 0 Å². The summed E-state index contributed by atoms with van der Waals surface area (Å²) in [4.78, 5) is 11.9. The highest BCUT2D eigenvalue weighted by atomic mass is 16.2. The molecule has 0 aliphatic heterocycles. The van der Waals surface area contributed by atoms with Crippen LogP contribution in [0.3, 0.4) is 0 Å². The largest absolute Gasteiger partial charge is 0.395 e. The Labute approximate surface area is 115 Å². The molecule has 102 valence electrons. The van der Waals surface area contributed by atoms with E-state index < -0.39 is 0 Å². The maximum absolute atomic E-state index is 11.9. The lowest BCUT2D eigenvalue weighted by molar-refractivity contribution is 0.0949. The summed E-state index contributed by atoms with van der Waals surface area (Å²) in [6, 6.07) is 5.48. The van der Waals surface area contributed by atoms with Gasteiger partial charge in [0.1, 0.15) is 0 Å². The van der Waals surface area contributed by atoms with Crippen LogP contribution in [0.15, 0.2) is 18.2 Å². The molecule has 3 heteroatoms. The van der Waals surface area contributed by atoms with Crippen molar-refractivity contribution < 1.29 is 9.90 Å². The van der Waals surface area contributed by atoms with Crippen LogP contribution in [-0.4, -0.2) is 24.2 Å². The van der Waals surface area contributed by atoms with Crippen LogP contribution in [0.4, 0.5) is 0 Å². The first-order valence-corrected chi connectivity index (χ1v) is 6.53. The number of aryl methyl sites for hydroxylation is 1. The van der Waals surface area contributed by atoms with Crippen molar-refractivity contribution in [1.82, 2.24) is 5.32 Å². The van der Waals surface area contributed by atoms with Crippen molar-refractivity contribution in [2.75, 3.05) is 13.2 Å². The summed E-state index contributed by atoms with van der Waals surface area (Å²) < 4.78 is 0. The van der Waals surface area contributed by atoms with Gasteiger partial charge in [-0.05, 0) is 36.6 Å². The highest BCUT2D eigenvalue weighted by Crippen LogP contribution is 2.10. The van der Waals surface area contributed by atoms with Crippen molar-refractivity contribution in [3.8, 4) is 11.8 Å². The molecule has 0 saturated heterocycles. The van der Waals surface area contributed by atoms with Crippen molar-refractivity contribution >= 4 is 5.91 Å². The van der Waals surface area contributed by atoms with E-state index in [4.69, 9.17) is 5.11 Å². The Hall–Kier alpha value is -1.79. The maximum atomic E-state index is 11.9. The predicted octanol–water partition coefficient (Wildman–Crippen LogP) is 2.11. The molecule has 0 atom stereocenters. The number of carbonyl (C=O) groups excluding carboxylic acids is 1. The normalized spacial score (nSPS) is 9.95. The Bertz CT molecular complexity index is 495. The SMILES string of the molecule is Cc1cc(C(=O)NCC(C)C)ccc1C#CCCO. The molecule has 1 aromatic carbocycles. The molecule has 0 spiro atoms. The van der Waals surface area contributed by atoms with Crippen molar-refractivity contribution in [3.05, 3.63) is 34.9 Å². The summed E-state index contributed by atoms with van der Waals surface area (Å²) in [5, 5.41) is 11.6. The van der Waals surface area contributed by atoms with Crippen molar-refractivity contribution in [1.29, 1.82) is 0 Å². The monoisotopic (exact) mass is 259 g/mol. The fourth-order valence-corrected chi connectivity index (χ4v) is 1.56. The number of hydrogen-bond donors (Lipinski definition) is 2. The topological polar surface area (TPSA) is 49.3 Å². The zero-order valence-electron chi connectivity index (χ0n) is 11.8. The van der Waals surface area contributed by atoms with Crippen LogP contribution in [-0.2, 0) is 0 Å². The van der Waals surface area contributed by atoms with E-state index in [1.807, 2.05) is 19.1 Å². The number of aliphatic hydroxyl groups excluding tert-OH is 1. The predicted molar refractivity (Wildman–Crippen MR) is 76.9 cm³/mol. The lowest BCUT2D eigenvalue weighted by Gasteiger charge is -2.08. The van der Waals surface area contributed by atoms with E-state index in [2.05, 4.69) is 31.0 Å². The molecule has 0 bridgehead atoms. The Morgan fingerprint density at radius 1 is 1.42 bits per heavy atom. The maximum Gasteiger partial charge on any atom is 0.251 e. The Morgan fingerprint density at radius 2 is 2.16 bits per heavy atom. The fraction of sp³-hybridized carbons (Fsp3) is 0.438. The highest BCUT2D eigenvalue weighted by Gasteiger charge is 2.07. The third-order valence-corrected chi connectivity index (χ3v) is 2.62. The molecule has 0 heterocycles. The van der Waals surface area contributed by atoms with Crippen molar-refractivity contribution in [2.24, 2.45) is 5.92 Å². The van der Waals surface area contributed by atoms with E-state index in [-0.39, 0.29) is 12.5 Å². The molecule has 0 radical (unpaired) electrons. The van der Waals surface area contributed by atoms with Crippen LogP contribution in [0.25, 0.3) is 0 Å². The summed E-state index contributed by atoms with van der Waals surface area (Å²) in [7, 11) is 0. The summed E-state index contributed by atoms with van der Waals surface area (Å²) in [5.41, 5.74) is 2.53. The first-order valence-electron chi connectivity index (χ1n) is 6.53. The Kier molecular flexibility index (Phi) is 6.11. The van der Waals surface area contributed by atoms with E-state index in [0.29, 0.717) is 24.4 Å². The van der Waals surface area contributed by atoms with Gasteiger partial charge in [0, 0.05) is 24.1 Å². The Balaban J connectivity index is 2.77. The molecule has 0 unspecified atom stereocenters. The van der Waals surface area contributed by atoms with Gasteiger partial charge in [-0.15, -0.1) is 0 Å². The van der Waals surface area contributed by atoms with Crippen LogP contribution >= 0.6 is 0 Å². The molecule has 0 aromatic heterocycles. The lowest BCUT2D eigenvalue weighted by Crippen LogP contribution is -2.27. The highest BCUT2D eigenvalue weighted by molar-refractivity contribution is 5.94. The first-order chi connectivity index (χ1) is 9.04. The van der Waals surface area contributed by atoms with E-state index >= 15 is 0 Å². The molecule has 1 rings (SSSR count). The number of benzene rings is 1. The van der Waals surface area contributed by atoms with E-state index in [0.717, 1.165) is 11.1 Å². The van der Waals surface area contributed by atoms with E-state index in [1.165, 1.54) is 0 Å². The molecule has 0 aliphatic carbocycles. The molecule has 2 N–H and O–H groups in total. The summed E-state index contributed by atoms with van der Waals surface area (Å²) in [6.07, 6.45) is 0.468. The number of hydrogen-bond acceptors (Lipinski definition) is 2. The number of carbonyl (C=O) groups is 1. The van der Waals surface area contributed by atoms with Gasteiger partial charge in [-0.3, -0.25) is 4.79 Å². The molecule has 19 heavy (non-hydrogen) atoms. The van der Waals surface area contributed by atoms with Crippen molar-refractivity contribution in [2.45, 2.75) is 27.2 Å². The van der Waals surface area contributed by atoms with Gasteiger partial charge in [-0.2, -0.15) is 0 Å². The molecule has 3 nitrogen and oxygen atoms in total. The average molecular weight is 259 g/mol. The molecule has 0 aliphatic rings. The summed E-state index contributed by atoms with van der Waals surface area (Å²) in [5.74, 6) is 6.26. The first kappa shape index (κ1) is 15.3. The minimum Gasteiger partial charge on any atom is -0.395 e. The minimum absolute atomic E-state index is 0.0494. The van der Waals surface area contributed by atoms with Gasteiger partial charge in [0.15, 0.2) is 0 Å². The van der Waals surface area contributed by atoms with Crippen molar-refractivity contribution in [3.63, 3.8) is 0 Å². The molecule has 0 fully saturated rings. The van der Waals surface area contributed by atoms with Crippen LogP contribution in [0, 0.1) is 24.7 Å². The minimum atomic E-state index is -0.0494. The van der Waals surface area contributed by atoms with Crippen LogP contribution in [0.5, 0.6) is 0 Å². The second kappa shape index (κ2) is 7.60. The standard InChI is InChI=1S/C16H21NO2/c1-12(2)11-17-16(19)15-8-7-14(13(3)10-15)6-4-5-9-18/h7-8,10,12,18H,5,9,11H2,1-3H3,(H,17,19). The second-order valence-corrected chi connectivity index (χ2v) is 4.91. The van der Waals surface area contributed by atoms with Crippen LogP contribution in [0.2, 0.25) is 0 Å². The number of aliphatic hydroxyl groups is 1. The van der Waals surface area contributed by atoms with Gasteiger partial charge in [0.05, 0.1) is 6.61 Å². The van der Waals surface area contributed by atoms with E-state index in [9.17, 15) is 4.79 Å². The number of nitrogens with one attached hydrogen (secondary N) is 1. The Morgan fingerprint density at radius 3 is 2.74 bits per heavy atom. The summed E-state index contributed by atoms with van der Waals surface area (Å²) in [6.45, 7) is 6.80. The van der Waals surface area contributed by atoms with Crippen LogP contribution in [0.1, 0.15) is 41.8 Å². The van der Waals surface area contributed by atoms with Gasteiger partial charge in [-0.1, -0.05) is 25.7 Å². The van der Waals surface area contributed by atoms with Gasteiger partial charge in [-0.25, -0.2) is 0 Å². The average Bonchev–Trinajstić information content (AvgIpc) is 2.38. The van der Waals surface area contributed by atoms with Crippen LogP contribution < -0.4 is 5.32 Å². The smallest absolute Gasteiger partial charge is 0.251 e. The lowest BCUT2D eigenvalue weighted by atomic mass is 10.0. The molecule has 0 saturated carbocycles. The summed E-state index contributed by atoms with van der Waals surface area (Å²) >= 11 is 0. The van der Waals surface area contributed by atoms with Gasteiger partial charge < -0.3 is 10.4 Å². The zero-order valence-corrected chi connectivity index (χ0v) is 11.8. The second-order valence-electron chi connectivity index (χ2n) is 4.91. The number of amides is 1. The zero-order chi connectivity index (χ0) is 14.3. The quantitative estimate of drug-likeness (QED) is 0.814. The molecule has 1 amide bonds.